The van der Waals surface area contributed by atoms with E-state index in [0.717, 1.165) is 23.1 Å². The van der Waals surface area contributed by atoms with E-state index in [1.54, 1.807) is 42.5 Å². The number of carbonyl (C=O) groups excluding carboxylic acids is 2. The number of amides is 2. The molecule has 2 amide bonds. The minimum Gasteiger partial charge on any atom is -0.400 e. The lowest BCUT2D eigenvalue weighted by Gasteiger charge is -2.24. The van der Waals surface area contributed by atoms with Gasteiger partial charge in [-0.05, 0) is 44.0 Å². The second kappa shape index (κ2) is 18.3. The molecule has 0 aliphatic heterocycles. The van der Waals surface area contributed by atoms with E-state index in [2.05, 4.69) is 10.6 Å². The zero-order valence-electron chi connectivity index (χ0n) is 24.5. The molecule has 0 unspecified atom stereocenters. The van der Waals surface area contributed by atoms with Crippen molar-refractivity contribution in [1.82, 2.24) is 10.2 Å². The Morgan fingerprint density at radius 1 is 0.953 bits per heavy atom. The largest absolute Gasteiger partial charge is 0.400 e. The van der Waals surface area contributed by atoms with E-state index >= 15 is 0 Å². The summed E-state index contributed by atoms with van der Waals surface area (Å²) >= 11 is 6.24. The Labute approximate surface area is 254 Å². The summed E-state index contributed by atoms with van der Waals surface area (Å²) in [5.74, 6) is -0.189. The highest BCUT2D eigenvalue weighted by atomic mass is 35.5. The number of aliphatic hydroxyl groups is 1. The van der Waals surface area contributed by atoms with Gasteiger partial charge < -0.3 is 25.9 Å². The van der Waals surface area contributed by atoms with Crippen LogP contribution in [0.5, 0.6) is 0 Å². The number of aryl methyl sites for hydroxylation is 1. The zero-order chi connectivity index (χ0) is 32.6. The number of anilines is 1. The Kier molecular flexibility index (Phi) is 15.7. The van der Waals surface area contributed by atoms with Gasteiger partial charge in [0.2, 0.25) is 0 Å². The number of nitrogens with one attached hydrogen (secondary N) is 4. The number of carbonyl (C=O) groups is 2. The Balaban J connectivity index is 0.00000142. The van der Waals surface area contributed by atoms with E-state index in [4.69, 9.17) is 27.5 Å². The smallest absolute Gasteiger partial charge is 0.390 e. The van der Waals surface area contributed by atoms with Crippen LogP contribution in [0.4, 0.5) is 23.7 Å². The molecule has 0 atom stereocenters. The summed E-state index contributed by atoms with van der Waals surface area (Å²) < 4.78 is 38.7. The lowest BCUT2D eigenvalue weighted by atomic mass is 10.0. The molecule has 0 aliphatic carbocycles. The number of aliphatic hydroxyl groups excluding tert-OH is 1. The Hall–Kier alpha value is -4.22. The summed E-state index contributed by atoms with van der Waals surface area (Å²) in [7, 11) is 1.00. The maximum Gasteiger partial charge on any atom is 0.390 e. The summed E-state index contributed by atoms with van der Waals surface area (Å²) in [6.07, 6.45) is -5.76. The van der Waals surface area contributed by atoms with Gasteiger partial charge in [-0.25, -0.2) is 4.79 Å². The molecule has 0 aromatic heterocycles. The normalized spacial score (nSPS) is 10.3. The van der Waals surface area contributed by atoms with Crippen LogP contribution >= 0.6 is 11.6 Å². The van der Waals surface area contributed by atoms with Crippen LogP contribution in [0, 0.1) is 17.7 Å². The third kappa shape index (κ3) is 13.5. The van der Waals surface area contributed by atoms with Crippen LogP contribution < -0.4 is 10.6 Å². The van der Waals surface area contributed by atoms with Crippen molar-refractivity contribution in [1.29, 1.82) is 10.8 Å². The van der Waals surface area contributed by atoms with Gasteiger partial charge in [0.15, 0.2) is 0 Å². The van der Waals surface area contributed by atoms with E-state index < -0.39 is 25.2 Å². The van der Waals surface area contributed by atoms with Crippen molar-refractivity contribution in [2.24, 2.45) is 0 Å². The van der Waals surface area contributed by atoms with Crippen LogP contribution in [0.3, 0.4) is 0 Å². The van der Waals surface area contributed by atoms with Crippen molar-refractivity contribution in [3.05, 3.63) is 100 Å². The number of amidine groups is 1. The minimum atomic E-state index is -4.49. The van der Waals surface area contributed by atoms with Crippen LogP contribution in [-0.2, 0) is 11.3 Å². The molecule has 0 saturated heterocycles. The summed E-state index contributed by atoms with van der Waals surface area (Å²) in [6, 6.07) is 20.0. The number of urea groups is 1. The van der Waals surface area contributed by atoms with E-state index in [9.17, 15) is 22.8 Å². The quantitative estimate of drug-likeness (QED) is 0.133. The zero-order valence-corrected chi connectivity index (χ0v) is 25.2. The number of hydrogen-bond acceptors (Lipinski definition) is 6. The highest BCUT2D eigenvalue weighted by Crippen LogP contribution is 2.22. The Bertz CT molecular complexity index is 1360. The second-order valence-electron chi connectivity index (χ2n) is 9.27. The molecule has 3 aromatic rings. The third-order valence-corrected chi connectivity index (χ3v) is 5.89. The van der Waals surface area contributed by atoms with E-state index in [0.29, 0.717) is 28.4 Å². The lowest BCUT2D eigenvalue weighted by molar-refractivity contribution is -0.135. The number of ketones is 1. The first-order chi connectivity index (χ1) is 20.3. The number of halogens is 4. The van der Waals surface area contributed by atoms with Gasteiger partial charge in [-0.2, -0.15) is 13.2 Å². The van der Waals surface area contributed by atoms with Crippen LogP contribution in [0.1, 0.15) is 42.5 Å². The topological polar surface area (TPSA) is 129 Å². The van der Waals surface area contributed by atoms with E-state index in [-0.39, 0.29) is 23.9 Å². The van der Waals surface area contributed by atoms with Gasteiger partial charge in [-0.15, -0.1) is 0 Å². The fraction of sp³-hybridized carbons (Fsp3) is 0.290. The molecule has 0 heterocycles. The van der Waals surface area contributed by atoms with Crippen molar-refractivity contribution in [3.63, 3.8) is 0 Å². The summed E-state index contributed by atoms with van der Waals surface area (Å²) in [5, 5.41) is 30.2. The molecule has 5 N–H and O–H groups in total. The molecule has 0 bridgehead atoms. The molecule has 43 heavy (non-hydrogen) atoms. The number of rotatable bonds is 9. The van der Waals surface area contributed by atoms with Crippen molar-refractivity contribution in [2.75, 3.05) is 25.5 Å². The van der Waals surface area contributed by atoms with Gasteiger partial charge in [-0.1, -0.05) is 72.3 Å². The fourth-order valence-corrected chi connectivity index (χ4v) is 3.76. The average Bonchev–Trinajstić information content (AvgIpc) is 2.96. The number of benzene rings is 3. The molecule has 0 aliphatic rings. The molecule has 3 aromatic carbocycles. The van der Waals surface area contributed by atoms with Crippen molar-refractivity contribution in [2.45, 2.75) is 39.9 Å². The fourth-order valence-electron chi connectivity index (χ4n) is 3.56. The number of hydrogen-bond donors (Lipinski definition) is 5. The maximum absolute atomic E-state index is 12.9. The predicted molar refractivity (Wildman–Crippen MR) is 165 cm³/mol. The van der Waals surface area contributed by atoms with E-state index in [1.165, 1.54) is 13.8 Å². The number of Topliss-reactive ketones (excluding diaryl/α,β-unsaturated/α-hetero) is 1. The van der Waals surface area contributed by atoms with Crippen LogP contribution in [-0.4, -0.2) is 59.7 Å². The first-order valence-electron chi connectivity index (χ1n) is 13.1. The van der Waals surface area contributed by atoms with Gasteiger partial charge in [-0.3, -0.25) is 10.3 Å². The van der Waals surface area contributed by atoms with Gasteiger partial charge in [0.05, 0.1) is 18.7 Å². The molecule has 0 saturated carbocycles. The highest BCUT2D eigenvalue weighted by Gasteiger charge is 2.30. The second-order valence-corrected chi connectivity index (χ2v) is 9.68. The summed E-state index contributed by atoms with van der Waals surface area (Å²) in [4.78, 5) is 23.1. The van der Waals surface area contributed by atoms with E-state index in [1.807, 2.05) is 37.3 Å². The van der Waals surface area contributed by atoms with Gasteiger partial charge in [0, 0.05) is 42.0 Å². The predicted octanol–water partition coefficient (Wildman–Crippen LogP) is 6.82. The first-order valence-corrected chi connectivity index (χ1v) is 13.5. The minimum absolute atomic E-state index is 0.0528. The average molecular weight is 620 g/mol. The SMILES string of the molecule is CC(C)=O.CO.Cc1ccc(C(=N)CNC(=O)N(CCC(F)(F)F)C(=N)c2ccccc2)c(NCc2ccccc2Cl)c1. The number of nitrogens with zero attached hydrogens (tertiary/aromatic N) is 1. The molecule has 8 nitrogen and oxygen atoms in total. The van der Waals surface area contributed by atoms with Crippen LogP contribution in [0.2, 0.25) is 5.02 Å². The van der Waals surface area contributed by atoms with Crippen molar-refractivity contribution in [3.8, 4) is 0 Å². The number of alkyl halides is 3. The van der Waals surface area contributed by atoms with Gasteiger partial charge in [0.25, 0.3) is 0 Å². The molecule has 0 spiro atoms. The Morgan fingerprint density at radius 3 is 2.12 bits per heavy atom. The molecular formula is C31H37ClF3N5O3. The summed E-state index contributed by atoms with van der Waals surface area (Å²) in [5.41, 5.74) is 3.37. The molecule has 0 fully saturated rings. The highest BCUT2D eigenvalue weighted by molar-refractivity contribution is 6.31. The third-order valence-electron chi connectivity index (χ3n) is 5.52. The maximum atomic E-state index is 12.9. The standard InChI is InChI=1S/C27H27ClF3N5O.C3H6O.CH4O/c1-18-11-12-21(24(15-18)34-16-20-9-5-6-10-22(20)28)23(32)17-35-26(37)36(14-13-27(29,30)31)25(33)19-7-3-2-4-8-19;1-3(2)4;1-2/h2-12,15,32-34H,13-14,16-17H2,1H3,(H,35,37);1-2H3;2H,1H3. The molecule has 3 rings (SSSR count). The van der Waals surface area contributed by atoms with Crippen LogP contribution in [0.25, 0.3) is 0 Å². The molecular weight excluding hydrogens is 583 g/mol. The molecule has 12 heteroatoms. The lowest BCUT2D eigenvalue weighted by Crippen LogP contribution is -2.46. The van der Waals surface area contributed by atoms with Gasteiger partial charge >= 0.3 is 12.2 Å². The first kappa shape index (κ1) is 36.8. The molecule has 0 radical (unpaired) electrons. The molecule has 232 valence electrons. The van der Waals surface area contributed by atoms with Crippen molar-refractivity contribution < 1.29 is 27.9 Å². The van der Waals surface area contributed by atoms with Gasteiger partial charge in [0.1, 0.15) is 11.6 Å². The monoisotopic (exact) mass is 619 g/mol. The van der Waals surface area contributed by atoms with Crippen molar-refractivity contribution >= 4 is 40.6 Å². The van der Waals surface area contributed by atoms with Crippen LogP contribution in [0.15, 0.2) is 72.8 Å². The summed E-state index contributed by atoms with van der Waals surface area (Å²) in [6.45, 7) is 4.41. The Morgan fingerprint density at radius 2 is 1.53 bits per heavy atom.